The van der Waals surface area contributed by atoms with E-state index >= 15 is 0 Å². The van der Waals surface area contributed by atoms with E-state index in [0.29, 0.717) is 0 Å². The summed E-state index contributed by atoms with van der Waals surface area (Å²) in [6.45, 7) is 0.834. The third-order valence-electron chi connectivity index (χ3n) is 2.26. The lowest BCUT2D eigenvalue weighted by Gasteiger charge is -2.15. The molecule has 0 amide bonds. The standard InChI is InChI=1S/C10H12ClNO/c11-10(9-5-3-7-13-9)8-4-1-2-6-12-8/h1-2,4,6,9-10H,3,5,7H2. The number of rotatable bonds is 2. The molecule has 1 aromatic rings. The molecular formula is C10H12ClNO. The average Bonchev–Trinajstić information content (AvgIpc) is 2.71. The van der Waals surface area contributed by atoms with E-state index in [4.69, 9.17) is 16.3 Å². The second-order valence-electron chi connectivity index (χ2n) is 3.21. The lowest BCUT2D eigenvalue weighted by Crippen LogP contribution is -2.13. The Morgan fingerprint density at radius 2 is 2.46 bits per heavy atom. The molecule has 1 aliphatic rings. The first kappa shape index (κ1) is 8.97. The Balaban J connectivity index is 2.08. The van der Waals surface area contributed by atoms with Gasteiger partial charge in [-0.25, -0.2) is 0 Å². The van der Waals surface area contributed by atoms with Crippen LogP contribution < -0.4 is 0 Å². The Hall–Kier alpha value is -0.600. The van der Waals surface area contributed by atoms with Gasteiger partial charge in [-0.05, 0) is 25.0 Å². The van der Waals surface area contributed by atoms with Crippen molar-refractivity contribution in [3.05, 3.63) is 30.1 Å². The molecule has 0 bridgehead atoms. The van der Waals surface area contributed by atoms with E-state index in [1.807, 2.05) is 18.2 Å². The van der Waals surface area contributed by atoms with Crippen molar-refractivity contribution in [1.29, 1.82) is 0 Å². The molecular weight excluding hydrogens is 186 g/mol. The molecule has 2 heterocycles. The summed E-state index contributed by atoms with van der Waals surface area (Å²) in [4.78, 5) is 4.21. The number of pyridine rings is 1. The highest BCUT2D eigenvalue weighted by Crippen LogP contribution is 2.30. The van der Waals surface area contributed by atoms with Crippen molar-refractivity contribution in [3.8, 4) is 0 Å². The summed E-state index contributed by atoms with van der Waals surface area (Å²) in [6, 6.07) is 5.79. The van der Waals surface area contributed by atoms with Crippen LogP contribution in [-0.4, -0.2) is 17.7 Å². The molecule has 1 fully saturated rings. The molecule has 0 aromatic carbocycles. The summed E-state index contributed by atoms with van der Waals surface area (Å²) in [5.41, 5.74) is 0.913. The average molecular weight is 198 g/mol. The van der Waals surface area contributed by atoms with Crippen LogP contribution in [0.5, 0.6) is 0 Å². The van der Waals surface area contributed by atoms with Crippen LogP contribution in [0.1, 0.15) is 23.9 Å². The van der Waals surface area contributed by atoms with Crippen LogP contribution >= 0.6 is 11.6 Å². The molecule has 2 nitrogen and oxygen atoms in total. The van der Waals surface area contributed by atoms with Gasteiger partial charge in [-0.3, -0.25) is 4.98 Å². The maximum atomic E-state index is 6.22. The number of hydrogen-bond donors (Lipinski definition) is 0. The van der Waals surface area contributed by atoms with Gasteiger partial charge < -0.3 is 4.74 Å². The summed E-state index contributed by atoms with van der Waals surface area (Å²) < 4.78 is 5.50. The number of alkyl halides is 1. The number of aromatic nitrogens is 1. The van der Waals surface area contributed by atoms with Gasteiger partial charge in [0, 0.05) is 12.8 Å². The van der Waals surface area contributed by atoms with Gasteiger partial charge in [0.15, 0.2) is 0 Å². The number of nitrogens with zero attached hydrogens (tertiary/aromatic N) is 1. The zero-order valence-electron chi connectivity index (χ0n) is 7.32. The number of hydrogen-bond acceptors (Lipinski definition) is 2. The Kier molecular flexibility index (Phi) is 2.81. The zero-order chi connectivity index (χ0) is 9.10. The molecule has 1 aliphatic heterocycles. The van der Waals surface area contributed by atoms with E-state index < -0.39 is 0 Å². The lowest BCUT2D eigenvalue weighted by atomic mass is 10.1. The van der Waals surface area contributed by atoms with Crippen molar-refractivity contribution in [3.63, 3.8) is 0 Å². The van der Waals surface area contributed by atoms with Crippen LogP contribution in [0, 0.1) is 0 Å². The third-order valence-corrected chi connectivity index (χ3v) is 2.77. The molecule has 0 spiro atoms. The molecule has 13 heavy (non-hydrogen) atoms. The molecule has 0 aliphatic carbocycles. The molecule has 2 rings (SSSR count). The van der Waals surface area contributed by atoms with Gasteiger partial charge in [0.2, 0.25) is 0 Å². The van der Waals surface area contributed by atoms with Crippen LogP contribution in [0.25, 0.3) is 0 Å². The van der Waals surface area contributed by atoms with Crippen LogP contribution in [0.2, 0.25) is 0 Å². The first-order chi connectivity index (χ1) is 6.38. The Morgan fingerprint density at radius 3 is 3.08 bits per heavy atom. The molecule has 2 unspecified atom stereocenters. The first-order valence-electron chi connectivity index (χ1n) is 4.54. The predicted octanol–water partition coefficient (Wildman–Crippen LogP) is 2.54. The van der Waals surface area contributed by atoms with E-state index in [0.717, 1.165) is 25.1 Å². The van der Waals surface area contributed by atoms with Crippen molar-refractivity contribution in [2.24, 2.45) is 0 Å². The van der Waals surface area contributed by atoms with Gasteiger partial charge in [-0.2, -0.15) is 0 Å². The lowest BCUT2D eigenvalue weighted by molar-refractivity contribution is 0.106. The fourth-order valence-corrected chi connectivity index (χ4v) is 1.89. The van der Waals surface area contributed by atoms with Crippen molar-refractivity contribution in [1.82, 2.24) is 4.98 Å². The summed E-state index contributed by atoms with van der Waals surface area (Å²) in [7, 11) is 0. The summed E-state index contributed by atoms with van der Waals surface area (Å²) in [5.74, 6) is 0. The van der Waals surface area contributed by atoms with Gasteiger partial charge in [-0.1, -0.05) is 6.07 Å². The van der Waals surface area contributed by atoms with E-state index in [-0.39, 0.29) is 11.5 Å². The minimum Gasteiger partial charge on any atom is -0.376 e. The summed E-state index contributed by atoms with van der Waals surface area (Å²) in [5, 5.41) is -0.0938. The maximum Gasteiger partial charge on any atom is 0.102 e. The van der Waals surface area contributed by atoms with Gasteiger partial charge in [0.05, 0.1) is 11.8 Å². The fraction of sp³-hybridized carbons (Fsp3) is 0.500. The van der Waals surface area contributed by atoms with Crippen LogP contribution in [-0.2, 0) is 4.74 Å². The van der Waals surface area contributed by atoms with Crippen LogP contribution in [0.4, 0.5) is 0 Å². The second kappa shape index (κ2) is 4.07. The van der Waals surface area contributed by atoms with Gasteiger partial charge in [0.1, 0.15) is 5.38 Å². The van der Waals surface area contributed by atoms with E-state index in [1.165, 1.54) is 0 Å². The number of halogens is 1. The molecule has 0 N–H and O–H groups in total. The van der Waals surface area contributed by atoms with Gasteiger partial charge in [-0.15, -0.1) is 11.6 Å². The topological polar surface area (TPSA) is 22.1 Å². The summed E-state index contributed by atoms with van der Waals surface area (Å²) >= 11 is 6.22. The highest BCUT2D eigenvalue weighted by atomic mass is 35.5. The largest absolute Gasteiger partial charge is 0.376 e. The SMILES string of the molecule is ClC(c1ccccn1)C1CCCO1. The quantitative estimate of drug-likeness (QED) is 0.680. The Morgan fingerprint density at radius 1 is 1.54 bits per heavy atom. The smallest absolute Gasteiger partial charge is 0.102 e. The highest BCUT2D eigenvalue weighted by Gasteiger charge is 2.25. The van der Waals surface area contributed by atoms with Crippen molar-refractivity contribution < 1.29 is 4.74 Å². The molecule has 1 saturated heterocycles. The molecule has 2 atom stereocenters. The number of ether oxygens (including phenoxy) is 1. The first-order valence-corrected chi connectivity index (χ1v) is 4.98. The zero-order valence-corrected chi connectivity index (χ0v) is 8.07. The normalized spacial score (nSPS) is 24.5. The molecule has 0 saturated carbocycles. The van der Waals surface area contributed by atoms with E-state index in [2.05, 4.69) is 4.98 Å². The minimum absolute atomic E-state index is 0.0938. The molecule has 0 radical (unpaired) electrons. The van der Waals surface area contributed by atoms with Crippen molar-refractivity contribution >= 4 is 11.6 Å². The van der Waals surface area contributed by atoms with Crippen LogP contribution in [0.3, 0.4) is 0 Å². The molecule has 70 valence electrons. The minimum atomic E-state index is -0.0938. The van der Waals surface area contributed by atoms with Crippen molar-refractivity contribution in [2.45, 2.75) is 24.3 Å². The summed E-state index contributed by atoms with van der Waals surface area (Å²) in [6.07, 6.45) is 4.07. The Bertz CT molecular complexity index is 259. The van der Waals surface area contributed by atoms with Gasteiger partial charge in [0.25, 0.3) is 0 Å². The highest BCUT2D eigenvalue weighted by molar-refractivity contribution is 6.21. The molecule has 1 aromatic heterocycles. The second-order valence-corrected chi connectivity index (χ2v) is 3.68. The predicted molar refractivity (Wildman–Crippen MR) is 51.8 cm³/mol. The van der Waals surface area contributed by atoms with E-state index in [9.17, 15) is 0 Å². The monoisotopic (exact) mass is 197 g/mol. The fourth-order valence-electron chi connectivity index (χ4n) is 1.56. The molecule has 3 heteroatoms. The van der Waals surface area contributed by atoms with Crippen LogP contribution in [0.15, 0.2) is 24.4 Å². The van der Waals surface area contributed by atoms with Crippen molar-refractivity contribution in [2.75, 3.05) is 6.61 Å². The Labute approximate surface area is 82.9 Å². The van der Waals surface area contributed by atoms with Gasteiger partial charge >= 0.3 is 0 Å². The maximum absolute atomic E-state index is 6.22. The third kappa shape index (κ3) is 2.01. The van der Waals surface area contributed by atoms with E-state index in [1.54, 1.807) is 6.20 Å².